The van der Waals surface area contributed by atoms with Crippen molar-refractivity contribution in [2.45, 2.75) is 33.4 Å². The molecule has 1 heterocycles. The van der Waals surface area contributed by atoms with Gasteiger partial charge in [-0.3, -0.25) is 4.79 Å². The number of rotatable bonds is 9. The van der Waals surface area contributed by atoms with E-state index in [4.69, 9.17) is 14.2 Å². The normalized spacial score (nSPS) is 11.2. The highest BCUT2D eigenvalue weighted by Crippen LogP contribution is 2.26. The van der Waals surface area contributed by atoms with Crippen molar-refractivity contribution in [3.05, 3.63) is 51.1 Å². The number of hydrogen-bond acceptors (Lipinski definition) is 6. The minimum atomic E-state index is -0.229. The van der Waals surface area contributed by atoms with Crippen LogP contribution in [0.2, 0.25) is 0 Å². The highest BCUT2D eigenvalue weighted by molar-refractivity contribution is 5.65. The van der Waals surface area contributed by atoms with Crippen LogP contribution in [0.3, 0.4) is 0 Å². The third-order valence-corrected chi connectivity index (χ3v) is 4.27. The van der Waals surface area contributed by atoms with Crippen LogP contribution in [-0.4, -0.2) is 44.1 Å². The highest BCUT2D eigenvalue weighted by atomic mass is 16.5. The summed E-state index contributed by atoms with van der Waals surface area (Å²) in [6, 6.07) is 3.88. The number of hydrogen-bond donors (Lipinski definition) is 1. The zero-order valence-electron chi connectivity index (χ0n) is 17.0. The Morgan fingerprint density at radius 3 is 2.33 bits per heavy atom. The molecule has 0 aliphatic carbocycles. The predicted octanol–water partition coefficient (Wildman–Crippen LogP) is 2.89. The summed E-state index contributed by atoms with van der Waals surface area (Å²) in [6.45, 7) is 7.08. The van der Waals surface area contributed by atoms with E-state index in [2.05, 4.69) is 16.4 Å². The SMILES string of the molecule is COCc1cc(C)cc(C)c1Nc1nc(C)cn(C(COC)COC)c1=O. The van der Waals surface area contributed by atoms with E-state index in [1.807, 2.05) is 26.8 Å². The Balaban J connectivity index is 2.50. The molecule has 0 amide bonds. The molecule has 0 bridgehead atoms. The van der Waals surface area contributed by atoms with Crippen molar-refractivity contribution in [2.75, 3.05) is 39.9 Å². The zero-order valence-corrected chi connectivity index (χ0v) is 17.0. The van der Waals surface area contributed by atoms with Gasteiger partial charge in [-0.1, -0.05) is 17.7 Å². The number of anilines is 2. The molecule has 0 spiro atoms. The Hall–Kier alpha value is -2.22. The van der Waals surface area contributed by atoms with Crippen molar-refractivity contribution in [3.63, 3.8) is 0 Å². The van der Waals surface area contributed by atoms with E-state index in [0.717, 1.165) is 28.1 Å². The van der Waals surface area contributed by atoms with Crippen LogP contribution in [0.25, 0.3) is 0 Å². The number of ether oxygens (including phenoxy) is 3. The molecule has 2 rings (SSSR count). The minimum Gasteiger partial charge on any atom is -0.382 e. The largest absolute Gasteiger partial charge is 0.382 e. The van der Waals surface area contributed by atoms with Crippen molar-refractivity contribution in [2.24, 2.45) is 0 Å². The Morgan fingerprint density at radius 1 is 1.07 bits per heavy atom. The van der Waals surface area contributed by atoms with E-state index >= 15 is 0 Å². The van der Waals surface area contributed by atoms with Crippen LogP contribution in [-0.2, 0) is 20.8 Å². The van der Waals surface area contributed by atoms with Gasteiger partial charge in [0.1, 0.15) is 0 Å². The van der Waals surface area contributed by atoms with Gasteiger partial charge < -0.3 is 24.1 Å². The summed E-state index contributed by atoms with van der Waals surface area (Å²) in [5.41, 5.74) is 4.51. The molecule has 1 aromatic heterocycles. The maximum atomic E-state index is 13.1. The second kappa shape index (κ2) is 9.64. The predicted molar refractivity (Wildman–Crippen MR) is 106 cm³/mol. The van der Waals surface area contributed by atoms with Crippen LogP contribution in [0.4, 0.5) is 11.5 Å². The van der Waals surface area contributed by atoms with Gasteiger partial charge in [-0.25, -0.2) is 4.98 Å². The fourth-order valence-corrected chi connectivity index (χ4v) is 3.20. The molecule has 0 saturated heterocycles. The van der Waals surface area contributed by atoms with Crippen molar-refractivity contribution < 1.29 is 14.2 Å². The quantitative estimate of drug-likeness (QED) is 0.726. The molecular formula is C20H29N3O4. The maximum Gasteiger partial charge on any atom is 0.294 e. The molecule has 2 aromatic rings. The van der Waals surface area contributed by atoms with Gasteiger partial charge >= 0.3 is 0 Å². The topological polar surface area (TPSA) is 74.6 Å². The van der Waals surface area contributed by atoms with Crippen LogP contribution >= 0.6 is 0 Å². The molecule has 7 nitrogen and oxygen atoms in total. The molecule has 1 N–H and O–H groups in total. The summed E-state index contributed by atoms with van der Waals surface area (Å²) in [5.74, 6) is 0.275. The first-order valence-corrected chi connectivity index (χ1v) is 8.85. The standard InChI is InChI=1S/C20H29N3O4/c1-13-7-14(2)18(16(8-13)10-25-4)22-19-20(24)23(9-15(3)21-19)17(11-26-5)12-27-6/h7-9,17H,10-12H2,1-6H3,(H,21,22). The van der Waals surface area contributed by atoms with Crippen molar-refractivity contribution in [1.29, 1.82) is 0 Å². The maximum absolute atomic E-state index is 13.1. The van der Waals surface area contributed by atoms with E-state index in [0.29, 0.717) is 19.8 Å². The first kappa shape index (κ1) is 21.1. The fourth-order valence-electron chi connectivity index (χ4n) is 3.20. The van der Waals surface area contributed by atoms with E-state index in [1.165, 1.54) is 0 Å². The van der Waals surface area contributed by atoms with Gasteiger partial charge in [0.15, 0.2) is 5.82 Å². The van der Waals surface area contributed by atoms with E-state index in [1.54, 1.807) is 32.1 Å². The molecular weight excluding hydrogens is 346 g/mol. The Labute approximate surface area is 160 Å². The average Bonchev–Trinajstić information content (AvgIpc) is 2.60. The monoisotopic (exact) mass is 375 g/mol. The molecule has 0 aliphatic heterocycles. The lowest BCUT2D eigenvalue weighted by atomic mass is 10.0. The van der Waals surface area contributed by atoms with Gasteiger partial charge in [0.25, 0.3) is 5.56 Å². The lowest BCUT2D eigenvalue weighted by Gasteiger charge is -2.21. The van der Waals surface area contributed by atoms with Crippen LogP contribution < -0.4 is 10.9 Å². The molecule has 148 valence electrons. The average molecular weight is 375 g/mol. The van der Waals surface area contributed by atoms with Gasteiger partial charge in [0, 0.05) is 38.8 Å². The number of nitrogens with one attached hydrogen (secondary N) is 1. The third kappa shape index (κ3) is 5.15. The minimum absolute atomic E-state index is 0.219. The zero-order chi connectivity index (χ0) is 20.0. The number of benzene rings is 1. The molecule has 27 heavy (non-hydrogen) atoms. The fraction of sp³-hybridized carbons (Fsp3) is 0.500. The molecule has 1 aromatic carbocycles. The van der Waals surface area contributed by atoms with E-state index in [-0.39, 0.29) is 17.4 Å². The molecule has 0 radical (unpaired) electrons. The van der Waals surface area contributed by atoms with Gasteiger partial charge in [-0.15, -0.1) is 0 Å². The molecule has 0 unspecified atom stereocenters. The van der Waals surface area contributed by atoms with Gasteiger partial charge in [-0.2, -0.15) is 0 Å². The number of nitrogens with zero attached hydrogens (tertiary/aromatic N) is 2. The molecule has 0 saturated carbocycles. The lowest BCUT2D eigenvalue weighted by Crippen LogP contribution is -2.32. The number of aromatic nitrogens is 2. The smallest absolute Gasteiger partial charge is 0.294 e. The summed E-state index contributed by atoms with van der Waals surface area (Å²) in [4.78, 5) is 17.5. The van der Waals surface area contributed by atoms with Gasteiger partial charge in [-0.05, 0) is 26.3 Å². The number of aryl methyl sites for hydroxylation is 3. The van der Waals surface area contributed by atoms with Crippen molar-refractivity contribution in [1.82, 2.24) is 9.55 Å². The summed E-state index contributed by atoms with van der Waals surface area (Å²) in [7, 11) is 4.86. The lowest BCUT2D eigenvalue weighted by molar-refractivity contribution is 0.0878. The molecule has 0 atom stereocenters. The van der Waals surface area contributed by atoms with Crippen LogP contribution in [0, 0.1) is 20.8 Å². The first-order valence-electron chi connectivity index (χ1n) is 8.85. The van der Waals surface area contributed by atoms with Crippen molar-refractivity contribution >= 4 is 11.5 Å². The third-order valence-electron chi connectivity index (χ3n) is 4.27. The summed E-state index contributed by atoms with van der Waals surface area (Å²) >= 11 is 0. The Kier molecular flexibility index (Phi) is 7.53. The highest BCUT2D eigenvalue weighted by Gasteiger charge is 2.18. The van der Waals surface area contributed by atoms with Gasteiger partial charge in [0.2, 0.25) is 0 Å². The van der Waals surface area contributed by atoms with Crippen LogP contribution in [0.5, 0.6) is 0 Å². The second-order valence-corrected chi connectivity index (χ2v) is 6.68. The second-order valence-electron chi connectivity index (χ2n) is 6.68. The van der Waals surface area contributed by atoms with Crippen LogP contribution in [0.1, 0.15) is 28.4 Å². The summed E-state index contributed by atoms with van der Waals surface area (Å²) < 4.78 is 17.4. The summed E-state index contributed by atoms with van der Waals surface area (Å²) in [6.07, 6.45) is 1.73. The molecule has 0 aliphatic rings. The summed E-state index contributed by atoms with van der Waals surface area (Å²) in [5, 5.41) is 3.24. The molecule has 0 fully saturated rings. The van der Waals surface area contributed by atoms with Crippen molar-refractivity contribution in [3.8, 4) is 0 Å². The Bertz CT molecular complexity index is 827. The van der Waals surface area contributed by atoms with Gasteiger partial charge in [0.05, 0.1) is 31.6 Å². The van der Waals surface area contributed by atoms with E-state index in [9.17, 15) is 4.79 Å². The Morgan fingerprint density at radius 2 is 1.74 bits per heavy atom. The molecule has 7 heteroatoms. The first-order chi connectivity index (χ1) is 12.9. The number of methoxy groups -OCH3 is 3. The van der Waals surface area contributed by atoms with E-state index < -0.39 is 0 Å². The van der Waals surface area contributed by atoms with Crippen LogP contribution in [0.15, 0.2) is 23.1 Å².